The molecule has 1 saturated carbocycles. The van der Waals surface area contributed by atoms with Gasteiger partial charge in [-0.3, -0.25) is 4.79 Å². The van der Waals surface area contributed by atoms with E-state index in [9.17, 15) is 15.0 Å². The van der Waals surface area contributed by atoms with E-state index in [0.717, 1.165) is 6.42 Å². The summed E-state index contributed by atoms with van der Waals surface area (Å²) < 4.78 is 0. The third kappa shape index (κ3) is 4.92. The van der Waals surface area contributed by atoms with Gasteiger partial charge < -0.3 is 20.6 Å². The molecule has 1 fully saturated rings. The number of aliphatic carboxylic acids is 1. The first kappa shape index (κ1) is 15.4. The predicted molar refractivity (Wildman–Crippen MR) is 68.3 cm³/mol. The van der Waals surface area contributed by atoms with Crippen molar-refractivity contribution in [1.29, 1.82) is 0 Å². The molecule has 0 aliphatic heterocycles. The summed E-state index contributed by atoms with van der Waals surface area (Å²) in [5.41, 5.74) is -0.775. The molecule has 0 bridgehead atoms. The predicted octanol–water partition coefficient (Wildman–Crippen LogP) is 0.743. The lowest BCUT2D eigenvalue weighted by Gasteiger charge is -2.34. The van der Waals surface area contributed by atoms with E-state index >= 15 is 0 Å². The second-order valence-electron chi connectivity index (χ2n) is 5.36. The Morgan fingerprint density at radius 1 is 1.44 bits per heavy atom. The van der Waals surface area contributed by atoms with Crippen molar-refractivity contribution in [3.05, 3.63) is 0 Å². The van der Waals surface area contributed by atoms with Crippen molar-refractivity contribution in [3.8, 4) is 0 Å². The minimum Gasteiger partial charge on any atom is -0.481 e. The van der Waals surface area contributed by atoms with Gasteiger partial charge in [0.2, 0.25) is 0 Å². The number of hydrogen-bond acceptors (Lipinski definition) is 4. The van der Waals surface area contributed by atoms with Gasteiger partial charge in [0.15, 0.2) is 0 Å². The van der Waals surface area contributed by atoms with Crippen LogP contribution in [0.2, 0.25) is 0 Å². The van der Waals surface area contributed by atoms with Crippen LogP contribution in [0.1, 0.15) is 45.4 Å². The van der Waals surface area contributed by atoms with E-state index in [1.807, 2.05) is 6.92 Å². The Kier molecular flexibility index (Phi) is 6.05. The van der Waals surface area contributed by atoms with Crippen LogP contribution in [0, 0.1) is 5.92 Å². The monoisotopic (exact) mass is 259 g/mol. The Labute approximate surface area is 108 Å². The fourth-order valence-electron chi connectivity index (χ4n) is 2.37. The van der Waals surface area contributed by atoms with Gasteiger partial charge in [0.25, 0.3) is 0 Å². The third-order valence-corrected chi connectivity index (χ3v) is 3.85. The number of aliphatic hydroxyl groups is 2. The first-order chi connectivity index (χ1) is 8.47. The average molecular weight is 259 g/mol. The second kappa shape index (κ2) is 7.07. The van der Waals surface area contributed by atoms with Crippen molar-refractivity contribution in [2.45, 2.75) is 57.2 Å². The fourth-order valence-corrected chi connectivity index (χ4v) is 2.37. The third-order valence-electron chi connectivity index (χ3n) is 3.85. The molecule has 0 heterocycles. The zero-order valence-corrected chi connectivity index (χ0v) is 11.1. The SMILES string of the molecule is CCC(O)CCNCC1(O)CCC(C(=O)O)CC1. The summed E-state index contributed by atoms with van der Waals surface area (Å²) in [5, 5.41) is 31.7. The zero-order valence-electron chi connectivity index (χ0n) is 11.1. The van der Waals surface area contributed by atoms with Gasteiger partial charge in [-0.05, 0) is 45.1 Å². The first-order valence-corrected chi connectivity index (χ1v) is 6.81. The Morgan fingerprint density at radius 2 is 2.06 bits per heavy atom. The van der Waals surface area contributed by atoms with Crippen molar-refractivity contribution < 1.29 is 20.1 Å². The van der Waals surface area contributed by atoms with E-state index in [-0.39, 0.29) is 12.0 Å². The molecule has 1 aliphatic rings. The number of carboxylic acids is 1. The largest absolute Gasteiger partial charge is 0.481 e. The van der Waals surface area contributed by atoms with E-state index in [1.165, 1.54) is 0 Å². The fraction of sp³-hybridized carbons (Fsp3) is 0.923. The molecule has 106 valence electrons. The lowest BCUT2D eigenvalue weighted by molar-refractivity contribution is -0.144. The van der Waals surface area contributed by atoms with Crippen LogP contribution in [-0.4, -0.2) is 46.1 Å². The molecule has 0 aromatic heterocycles. The molecule has 1 rings (SSSR count). The number of carboxylic acid groups (broad SMARTS) is 1. The van der Waals surface area contributed by atoms with Crippen LogP contribution in [0.3, 0.4) is 0 Å². The summed E-state index contributed by atoms with van der Waals surface area (Å²) in [7, 11) is 0. The lowest BCUT2D eigenvalue weighted by Crippen LogP contribution is -2.45. The zero-order chi connectivity index (χ0) is 13.6. The maximum Gasteiger partial charge on any atom is 0.306 e. The minimum atomic E-state index is -0.775. The highest BCUT2D eigenvalue weighted by Crippen LogP contribution is 2.31. The summed E-state index contributed by atoms with van der Waals surface area (Å²) in [4.78, 5) is 10.8. The average Bonchev–Trinajstić information content (AvgIpc) is 2.35. The van der Waals surface area contributed by atoms with Crippen LogP contribution < -0.4 is 5.32 Å². The van der Waals surface area contributed by atoms with E-state index < -0.39 is 11.6 Å². The maximum absolute atomic E-state index is 10.8. The molecule has 1 unspecified atom stereocenters. The van der Waals surface area contributed by atoms with E-state index in [2.05, 4.69) is 5.32 Å². The van der Waals surface area contributed by atoms with Gasteiger partial charge in [0, 0.05) is 6.54 Å². The van der Waals surface area contributed by atoms with Crippen LogP contribution in [0.25, 0.3) is 0 Å². The molecule has 4 N–H and O–H groups in total. The number of rotatable bonds is 7. The molecule has 1 aliphatic carbocycles. The van der Waals surface area contributed by atoms with Crippen molar-refractivity contribution in [1.82, 2.24) is 5.32 Å². The highest BCUT2D eigenvalue weighted by Gasteiger charge is 2.35. The van der Waals surface area contributed by atoms with Crippen LogP contribution in [0.5, 0.6) is 0 Å². The molecular weight excluding hydrogens is 234 g/mol. The van der Waals surface area contributed by atoms with Crippen LogP contribution in [-0.2, 0) is 4.79 Å². The van der Waals surface area contributed by atoms with Gasteiger partial charge in [-0.1, -0.05) is 6.92 Å². The maximum atomic E-state index is 10.8. The quantitative estimate of drug-likeness (QED) is 0.506. The second-order valence-corrected chi connectivity index (χ2v) is 5.36. The van der Waals surface area contributed by atoms with E-state index in [4.69, 9.17) is 5.11 Å². The molecular formula is C13H25NO4. The number of aliphatic hydroxyl groups excluding tert-OH is 1. The first-order valence-electron chi connectivity index (χ1n) is 6.81. The van der Waals surface area contributed by atoms with Gasteiger partial charge in [0.05, 0.1) is 17.6 Å². The molecule has 18 heavy (non-hydrogen) atoms. The molecule has 0 saturated heterocycles. The Morgan fingerprint density at radius 3 is 2.56 bits per heavy atom. The molecule has 0 aromatic rings. The van der Waals surface area contributed by atoms with E-state index in [0.29, 0.717) is 45.2 Å². The van der Waals surface area contributed by atoms with Crippen LogP contribution in [0.15, 0.2) is 0 Å². The summed E-state index contributed by atoms with van der Waals surface area (Å²) in [6, 6.07) is 0. The number of hydrogen-bond donors (Lipinski definition) is 4. The van der Waals surface area contributed by atoms with Crippen molar-refractivity contribution in [2.75, 3.05) is 13.1 Å². The molecule has 5 nitrogen and oxygen atoms in total. The Balaban J connectivity index is 2.20. The standard InChI is InChI=1S/C13H25NO4/c1-2-11(15)5-8-14-9-13(18)6-3-10(4-7-13)12(16)17/h10-11,14-15,18H,2-9H2,1H3,(H,16,17). The molecule has 5 heteroatoms. The Bertz CT molecular complexity index is 262. The van der Waals surface area contributed by atoms with Crippen molar-refractivity contribution in [2.24, 2.45) is 5.92 Å². The minimum absolute atomic E-state index is 0.283. The van der Waals surface area contributed by atoms with E-state index in [1.54, 1.807) is 0 Å². The molecule has 0 radical (unpaired) electrons. The van der Waals surface area contributed by atoms with Gasteiger partial charge in [-0.2, -0.15) is 0 Å². The Hall–Kier alpha value is -0.650. The van der Waals surface area contributed by atoms with Gasteiger partial charge in [0.1, 0.15) is 0 Å². The van der Waals surface area contributed by atoms with Crippen molar-refractivity contribution in [3.63, 3.8) is 0 Å². The number of carbonyl (C=O) groups is 1. The molecule has 1 atom stereocenters. The summed E-state index contributed by atoms with van der Waals surface area (Å²) in [5.74, 6) is -1.05. The normalized spacial score (nSPS) is 30.1. The number of nitrogens with one attached hydrogen (secondary N) is 1. The summed E-state index contributed by atoms with van der Waals surface area (Å²) >= 11 is 0. The van der Waals surface area contributed by atoms with Crippen molar-refractivity contribution >= 4 is 5.97 Å². The summed E-state index contributed by atoms with van der Waals surface area (Å²) in [6.07, 6.45) is 3.31. The lowest BCUT2D eigenvalue weighted by atomic mass is 9.79. The summed E-state index contributed by atoms with van der Waals surface area (Å²) in [6.45, 7) is 3.10. The topological polar surface area (TPSA) is 89.8 Å². The van der Waals surface area contributed by atoms with Gasteiger partial charge in [-0.15, -0.1) is 0 Å². The highest BCUT2D eigenvalue weighted by atomic mass is 16.4. The van der Waals surface area contributed by atoms with Crippen LogP contribution in [0.4, 0.5) is 0 Å². The van der Waals surface area contributed by atoms with Gasteiger partial charge in [-0.25, -0.2) is 0 Å². The molecule has 0 amide bonds. The van der Waals surface area contributed by atoms with Crippen LogP contribution >= 0.6 is 0 Å². The highest BCUT2D eigenvalue weighted by molar-refractivity contribution is 5.70. The molecule has 0 spiro atoms. The smallest absolute Gasteiger partial charge is 0.306 e. The molecule has 0 aromatic carbocycles. The van der Waals surface area contributed by atoms with Gasteiger partial charge >= 0.3 is 5.97 Å².